The van der Waals surface area contributed by atoms with E-state index >= 15 is 0 Å². The van der Waals surface area contributed by atoms with E-state index in [2.05, 4.69) is 22.2 Å². The van der Waals surface area contributed by atoms with Gasteiger partial charge in [0.15, 0.2) is 5.65 Å². The number of benzene rings is 1. The molecule has 1 amide bonds. The minimum atomic E-state index is 0.0274. The number of pyridine rings is 1. The van der Waals surface area contributed by atoms with Crippen LogP contribution in [-0.4, -0.2) is 53.3 Å². The maximum absolute atomic E-state index is 12.7. The fraction of sp³-hybridized carbons (Fsp3) is 0.458. The molecule has 1 aromatic carbocycles. The molecule has 0 saturated carbocycles. The molecule has 0 aliphatic rings. The van der Waals surface area contributed by atoms with Crippen molar-refractivity contribution in [2.75, 3.05) is 27.7 Å². The first kappa shape index (κ1) is 22.7. The van der Waals surface area contributed by atoms with Crippen molar-refractivity contribution in [1.29, 1.82) is 0 Å². The van der Waals surface area contributed by atoms with E-state index in [1.807, 2.05) is 63.9 Å². The Morgan fingerprint density at radius 3 is 2.58 bits per heavy atom. The van der Waals surface area contributed by atoms with Gasteiger partial charge in [0.1, 0.15) is 5.75 Å². The first-order valence-electron chi connectivity index (χ1n) is 10.6. The van der Waals surface area contributed by atoms with Gasteiger partial charge in [-0.1, -0.05) is 18.2 Å². The van der Waals surface area contributed by atoms with Gasteiger partial charge in [0.2, 0.25) is 5.91 Å². The van der Waals surface area contributed by atoms with Gasteiger partial charge in [-0.15, -0.1) is 0 Å². The lowest BCUT2D eigenvalue weighted by Crippen LogP contribution is -2.34. The van der Waals surface area contributed by atoms with Gasteiger partial charge in [-0.25, -0.2) is 4.98 Å². The van der Waals surface area contributed by atoms with E-state index in [1.165, 1.54) is 5.56 Å². The SMILES string of the molecule is COc1ccccc1C(CNC(=O)CCc1c(C)nc2c(c(C)nn2C)c1C)N(C)C. The molecule has 0 saturated heterocycles. The zero-order valence-corrected chi connectivity index (χ0v) is 19.6. The second kappa shape index (κ2) is 9.47. The molecule has 3 aromatic rings. The van der Waals surface area contributed by atoms with Crippen LogP contribution in [0.1, 0.15) is 40.5 Å². The van der Waals surface area contributed by atoms with Crippen molar-refractivity contribution < 1.29 is 9.53 Å². The molecule has 7 heteroatoms. The third-order valence-corrected chi connectivity index (χ3v) is 5.95. The Hall–Kier alpha value is -2.93. The van der Waals surface area contributed by atoms with Crippen LogP contribution in [-0.2, 0) is 18.3 Å². The number of nitrogens with zero attached hydrogens (tertiary/aromatic N) is 4. The number of likely N-dealkylation sites (N-methyl/N-ethyl adjacent to an activating group) is 1. The number of ether oxygens (including phenoxy) is 1. The average molecular weight is 424 g/mol. The Balaban J connectivity index is 1.69. The fourth-order valence-electron chi connectivity index (χ4n) is 4.28. The van der Waals surface area contributed by atoms with Crippen LogP contribution < -0.4 is 10.1 Å². The first-order valence-corrected chi connectivity index (χ1v) is 10.6. The van der Waals surface area contributed by atoms with Gasteiger partial charge >= 0.3 is 0 Å². The highest BCUT2D eigenvalue weighted by atomic mass is 16.5. The standard InChI is InChI=1S/C24H33N5O2/c1-15-18(16(2)26-24-23(15)17(3)27-29(24)6)12-13-22(30)25-14-20(28(4)5)19-10-8-9-11-21(19)31-7/h8-11,20H,12-14H2,1-7H3,(H,25,30). The van der Waals surface area contributed by atoms with E-state index in [4.69, 9.17) is 9.72 Å². The average Bonchev–Trinajstić information content (AvgIpc) is 3.01. The highest BCUT2D eigenvalue weighted by molar-refractivity contribution is 5.84. The third kappa shape index (κ3) is 4.71. The maximum Gasteiger partial charge on any atom is 0.220 e. The van der Waals surface area contributed by atoms with Crippen LogP contribution in [0.4, 0.5) is 0 Å². The zero-order chi connectivity index (χ0) is 22.7. The number of amides is 1. The summed E-state index contributed by atoms with van der Waals surface area (Å²) in [4.78, 5) is 19.5. The van der Waals surface area contributed by atoms with E-state index < -0.39 is 0 Å². The van der Waals surface area contributed by atoms with Gasteiger partial charge in [0.05, 0.1) is 18.8 Å². The molecule has 7 nitrogen and oxygen atoms in total. The Morgan fingerprint density at radius 1 is 1.19 bits per heavy atom. The number of aromatic nitrogens is 3. The topological polar surface area (TPSA) is 72.3 Å². The van der Waals surface area contributed by atoms with Crippen LogP contribution in [0.3, 0.4) is 0 Å². The van der Waals surface area contributed by atoms with Crippen molar-refractivity contribution in [1.82, 2.24) is 25.0 Å². The number of carbonyl (C=O) groups is 1. The lowest BCUT2D eigenvalue weighted by molar-refractivity contribution is -0.121. The molecule has 2 heterocycles. The monoisotopic (exact) mass is 423 g/mol. The quantitative estimate of drug-likeness (QED) is 0.602. The van der Waals surface area contributed by atoms with Crippen molar-refractivity contribution in [3.8, 4) is 5.75 Å². The molecular formula is C24H33N5O2. The number of carbonyl (C=O) groups excluding carboxylic acids is 1. The summed E-state index contributed by atoms with van der Waals surface area (Å²) >= 11 is 0. The van der Waals surface area contributed by atoms with Crippen LogP contribution in [0.5, 0.6) is 5.75 Å². The molecule has 0 fully saturated rings. The minimum Gasteiger partial charge on any atom is -0.496 e. The summed E-state index contributed by atoms with van der Waals surface area (Å²) in [6.07, 6.45) is 1.07. The smallest absolute Gasteiger partial charge is 0.220 e. The minimum absolute atomic E-state index is 0.0274. The van der Waals surface area contributed by atoms with Gasteiger partial charge in [-0.3, -0.25) is 9.48 Å². The molecular weight excluding hydrogens is 390 g/mol. The van der Waals surface area contributed by atoms with E-state index in [0.29, 0.717) is 19.4 Å². The molecule has 0 radical (unpaired) electrons. The van der Waals surface area contributed by atoms with E-state index in [9.17, 15) is 4.79 Å². The number of fused-ring (bicyclic) bond motifs is 1. The molecule has 0 aliphatic heterocycles. The highest BCUT2D eigenvalue weighted by Gasteiger charge is 2.20. The summed E-state index contributed by atoms with van der Waals surface area (Å²) in [7, 11) is 7.60. The summed E-state index contributed by atoms with van der Waals surface area (Å²) in [5.74, 6) is 0.858. The lowest BCUT2D eigenvalue weighted by atomic mass is 9.99. The molecule has 3 rings (SSSR count). The Labute approximate surface area is 184 Å². The molecule has 0 aliphatic carbocycles. The molecule has 1 N–H and O–H groups in total. The number of methoxy groups -OCH3 is 1. The summed E-state index contributed by atoms with van der Waals surface area (Å²) in [5.41, 5.74) is 6.18. The van der Waals surface area contributed by atoms with Gasteiger partial charge < -0.3 is 15.0 Å². The van der Waals surface area contributed by atoms with Crippen molar-refractivity contribution >= 4 is 16.9 Å². The van der Waals surface area contributed by atoms with Crippen LogP contribution in [0.15, 0.2) is 24.3 Å². The Morgan fingerprint density at radius 2 is 1.90 bits per heavy atom. The van der Waals surface area contributed by atoms with Gasteiger partial charge in [0.25, 0.3) is 0 Å². The number of para-hydroxylation sites is 1. The van der Waals surface area contributed by atoms with Crippen LogP contribution in [0, 0.1) is 20.8 Å². The van der Waals surface area contributed by atoms with Gasteiger partial charge in [-0.2, -0.15) is 5.10 Å². The highest BCUT2D eigenvalue weighted by Crippen LogP contribution is 2.28. The predicted octanol–water partition coefficient (Wildman–Crippen LogP) is 3.25. The summed E-state index contributed by atoms with van der Waals surface area (Å²) in [6.45, 7) is 6.62. The number of hydrogen-bond acceptors (Lipinski definition) is 5. The second-order valence-corrected chi connectivity index (χ2v) is 8.23. The third-order valence-electron chi connectivity index (χ3n) is 5.95. The van der Waals surface area contributed by atoms with Gasteiger partial charge in [-0.05, 0) is 58.5 Å². The molecule has 1 atom stereocenters. The summed E-state index contributed by atoms with van der Waals surface area (Å²) in [6, 6.07) is 7.96. The summed E-state index contributed by atoms with van der Waals surface area (Å²) < 4.78 is 7.33. The first-order chi connectivity index (χ1) is 14.7. The Kier molecular flexibility index (Phi) is 6.95. The summed E-state index contributed by atoms with van der Waals surface area (Å²) in [5, 5.41) is 8.69. The normalized spacial score (nSPS) is 12.4. The van der Waals surface area contributed by atoms with E-state index in [-0.39, 0.29) is 11.9 Å². The Bertz CT molecular complexity index is 1090. The van der Waals surface area contributed by atoms with Crippen molar-refractivity contribution in [3.05, 3.63) is 52.3 Å². The van der Waals surface area contributed by atoms with E-state index in [1.54, 1.807) is 7.11 Å². The number of aryl methyl sites for hydroxylation is 4. The molecule has 31 heavy (non-hydrogen) atoms. The van der Waals surface area contributed by atoms with Crippen LogP contribution in [0.2, 0.25) is 0 Å². The van der Waals surface area contributed by atoms with Crippen molar-refractivity contribution in [2.45, 2.75) is 39.7 Å². The largest absolute Gasteiger partial charge is 0.496 e. The molecule has 0 spiro atoms. The number of rotatable bonds is 8. The van der Waals surface area contributed by atoms with Crippen LogP contribution in [0.25, 0.3) is 11.0 Å². The molecule has 0 bridgehead atoms. The zero-order valence-electron chi connectivity index (χ0n) is 19.6. The molecule has 166 valence electrons. The number of nitrogens with one attached hydrogen (secondary N) is 1. The maximum atomic E-state index is 12.7. The van der Waals surface area contributed by atoms with E-state index in [0.717, 1.165) is 39.3 Å². The van der Waals surface area contributed by atoms with Crippen LogP contribution >= 0.6 is 0 Å². The molecule has 1 unspecified atom stereocenters. The predicted molar refractivity (Wildman–Crippen MR) is 123 cm³/mol. The lowest BCUT2D eigenvalue weighted by Gasteiger charge is -2.26. The van der Waals surface area contributed by atoms with Crippen molar-refractivity contribution in [2.24, 2.45) is 7.05 Å². The number of hydrogen-bond donors (Lipinski definition) is 1. The fourth-order valence-corrected chi connectivity index (χ4v) is 4.28. The molecule has 2 aromatic heterocycles. The second-order valence-electron chi connectivity index (χ2n) is 8.23. The van der Waals surface area contributed by atoms with Crippen molar-refractivity contribution in [3.63, 3.8) is 0 Å². The van der Waals surface area contributed by atoms with Gasteiger partial charge in [0, 0.05) is 36.7 Å².